The van der Waals surface area contributed by atoms with E-state index in [9.17, 15) is 9.90 Å². The van der Waals surface area contributed by atoms with Crippen LogP contribution in [0.1, 0.15) is 31.2 Å². The minimum atomic E-state index is -0.415. The van der Waals surface area contributed by atoms with Gasteiger partial charge >= 0.3 is 0 Å². The molecule has 1 fully saturated rings. The Morgan fingerprint density at radius 1 is 1.32 bits per heavy atom. The molecule has 2 rings (SSSR count). The molecule has 0 radical (unpaired) electrons. The van der Waals surface area contributed by atoms with Crippen LogP contribution in [0.15, 0.2) is 30.3 Å². The number of carbonyl (C=O) groups excluding carboxylic acids is 1. The van der Waals surface area contributed by atoms with E-state index in [1.807, 2.05) is 12.1 Å². The minimum absolute atomic E-state index is 0.00747. The highest BCUT2D eigenvalue weighted by Gasteiger charge is 2.33. The number of carbonyl (C=O) groups is 1. The van der Waals surface area contributed by atoms with Gasteiger partial charge in [-0.1, -0.05) is 36.6 Å². The molecule has 0 heterocycles. The first-order chi connectivity index (χ1) is 9.13. The van der Waals surface area contributed by atoms with E-state index in [2.05, 4.69) is 5.32 Å². The maximum absolute atomic E-state index is 11.9. The highest BCUT2D eigenvalue weighted by atomic mass is 35.5. The van der Waals surface area contributed by atoms with Crippen molar-refractivity contribution in [3.63, 3.8) is 0 Å². The van der Waals surface area contributed by atoms with E-state index >= 15 is 0 Å². The number of benzene rings is 1. The number of halogens is 1. The van der Waals surface area contributed by atoms with Crippen molar-refractivity contribution in [1.29, 1.82) is 0 Å². The normalized spacial score (nSPS) is 17.8. The number of amides is 1. The van der Waals surface area contributed by atoms with Crippen molar-refractivity contribution in [1.82, 2.24) is 5.32 Å². The Kier molecular flexibility index (Phi) is 4.61. The van der Waals surface area contributed by atoms with Crippen LogP contribution in [0.3, 0.4) is 0 Å². The van der Waals surface area contributed by atoms with Gasteiger partial charge in [-0.2, -0.15) is 0 Å². The van der Waals surface area contributed by atoms with E-state index in [1.54, 1.807) is 18.2 Å². The summed E-state index contributed by atoms with van der Waals surface area (Å²) in [5, 5.41) is 13.0. The SMILES string of the molecule is O=C(/C=C/c1ccc(Cl)cc1)NC1(CO)CCCC1. The van der Waals surface area contributed by atoms with Gasteiger partial charge < -0.3 is 10.4 Å². The van der Waals surface area contributed by atoms with Gasteiger partial charge in [0.15, 0.2) is 0 Å². The van der Waals surface area contributed by atoms with Crippen LogP contribution in [-0.4, -0.2) is 23.2 Å². The Morgan fingerprint density at radius 3 is 2.53 bits per heavy atom. The fourth-order valence-electron chi connectivity index (χ4n) is 2.42. The molecular weight excluding hydrogens is 262 g/mol. The molecular formula is C15H18ClNO2. The Bertz CT molecular complexity index is 462. The van der Waals surface area contributed by atoms with Gasteiger partial charge in [-0.25, -0.2) is 0 Å². The Labute approximate surface area is 118 Å². The van der Waals surface area contributed by atoms with Crippen LogP contribution >= 0.6 is 11.6 Å². The quantitative estimate of drug-likeness (QED) is 0.833. The second kappa shape index (κ2) is 6.22. The molecule has 1 aliphatic carbocycles. The fourth-order valence-corrected chi connectivity index (χ4v) is 2.55. The third kappa shape index (κ3) is 3.82. The summed E-state index contributed by atoms with van der Waals surface area (Å²) < 4.78 is 0. The van der Waals surface area contributed by atoms with Gasteiger partial charge in [0.2, 0.25) is 5.91 Å². The van der Waals surface area contributed by atoms with Crippen molar-refractivity contribution in [3.8, 4) is 0 Å². The number of rotatable bonds is 4. The summed E-state index contributed by atoms with van der Waals surface area (Å²) in [5.74, 6) is -0.161. The molecule has 1 aromatic carbocycles. The predicted octanol–water partition coefficient (Wildman–Crippen LogP) is 2.77. The van der Waals surface area contributed by atoms with E-state index in [-0.39, 0.29) is 12.5 Å². The molecule has 1 saturated carbocycles. The van der Waals surface area contributed by atoms with Gasteiger partial charge in [0.25, 0.3) is 0 Å². The predicted molar refractivity (Wildman–Crippen MR) is 76.9 cm³/mol. The number of nitrogens with one attached hydrogen (secondary N) is 1. The molecule has 0 atom stereocenters. The lowest BCUT2D eigenvalue weighted by Gasteiger charge is -2.27. The van der Waals surface area contributed by atoms with Gasteiger partial charge in [0, 0.05) is 11.1 Å². The van der Waals surface area contributed by atoms with Gasteiger partial charge in [-0.3, -0.25) is 4.79 Å². The van der Waals surface area contributed by atoms with Crippen molar-refractivity contribution in [2.45, 2.75) is 31.2 Å². The third-order valence-electron chi connectivity index (χ3n) is 3.55. The summed E-state index contributed by atoms with van der Waals surface area (Å²) >= 11 is 5.79. The molecule has 0 aliphatic heterocycles. The minimum Gasteiger partial charge on any atom is -0.394 e. The van der Waals surface area contributed by atoms with Crippen molar-refractivity contribution in [2.75, 3.05) is 6.61 Å². The van der Waals surface area contributed by atoms with E-state index in [0.717, 1.165) is 31.2 Å². The smallest absolute Gasteiger partial charge is 0.244 e. The van der Waals surface area contributed by atoms with Crippen molar-refractivity contribution in [2.24, 2.45) is 0 Å². The largest absolute Gasteiger partial charge is 0.394 e. The number of aliphatic hydroxyl groups is 1. The second-order valence-corrected chi connectivity index (χ2v) is 5.46. The van der Waals surface area contributed by atoms with Crippen LogP contribution < -0.4 is 5.32 Å². The summed E-state index contributed by atoms with van der Waals surface area (Å²) in [6, 6.07) is 7.27. The Morgan fingerprint density at radius 2 is 1.95 bits per heavy atom. The zero-order valence-electron chi connectivity index (χ0n) is 10.7. The molecule has 0 bridgehead atoms. The van der Waals surface area contributed by atoms with Crippen LogP contribution in [0.2, 0.25) is 5.02 Å². The number of hydrogen-bond acceptors (Lipinski definition) is 2. The molecule has 1 amide bonds. The number of hydrogen-bond donors (Lipinski definition) is 2. The standard InChI is InChI=1S/C15H18ClNO2/c16-13-6-3-12(4-7-13)5-8-14(19)17-15(11-18)9-1-2-10-15/h3-8,18H,1-2,9-11H2,(H,17,19)/b8-5+. The molecule has 4 heteroatoms. The summed E-state index contributed by atoms with van der Waals surface area (Å²) in [6.07, 6.45) is 7.06. The topological polar surface area (TPSA) is 49.3 Å². The van der Waals surface area contributed by atoms with Gasteiger partial charge in [0.05, 0.1) is 12.1 Å². The molecule has 0 spiro atoms. The second-order valence-electron chi connectivity index (χ2n) is 5.02. The van der Waals surface area contributed by atoms with Crippen molar-refractivity contribution < 1.29 is 9.90 Å². The van der Waals surface area contributed by atoms with Gasteiger partial charge in [-0.05, 0) is 36.6 Å². The maximum Gasteiger partial charge on any atom is 0.244 e. The van der Waals surface area contributed by atoms with Crippen LogP contribution in [-0.2, 0) is 4.79 Å². The lowest BCUT2D eigenvalue weighted by Crippen LogP contribution is -2.48. The molecule has 2 N–H and O–H groups in total. The molecule has 0 saturated heterocycles. The highest BCUT2D eigenvalue weighted by molar-refractivity contribution is 6.30. The van der Waals surface area contributed by atoms with E-state index in [4.69, 9.17) is 11.6 Å². The molecule has 3 nitrogen and oxygen atoms in total. The lowest BCUT2D eigenvalue weighted by molar-refractivity contribution is -0.118. The Hall–Kier alpha value is -1.32. The summed E-state index contributed by atoms with van der Waals surface area (Å²) in [5.41, 5.74) is 0.505. The van der Waals surface area contributed by atoms with E-state index in [1.165, 1.54) is 6.08 Å². The third-order valence-corrected chi connectivity index (χ3v) is 3.80. The first-order valence-electron chi connectivity index (χ1n) is 6.50. The van der Waals surface area contributed by atoms with Gasteiger partial charge in [-0.15, -0.1) is 0 Å². The summed E-state index contributed by atoms with van der Waals surface area (Å²) in [4.78, 5) is 11.9. The monoisotopic (exact) mass is 279 g/mol. The Balaban J connectivity index is 1.95. The zero-order valence-corrected chi connectivity index (χ0v) is 11.5. The molecule has 1 aliphatic rings. The average molecular weight is 280 g/mol. The summed E-state index contributed by atoms with van der Waals surface area (Å²) in [6.45, 7) is 0.00747. The lowest BCUT2D eigenvalue weighted by atomic mass is 9.99. The molecule has 102 valence electrons. The van der Waals surface area contributed by atoms with E-state index in [0.29, 0.717) is 5.02 Å². The summed E-state index contributed by atoms with van der Waals surface area (Å²) in [7, 11) is 0. The first-order valence-corrected chi connectivity index (χ1v) is 6.88. The molecule has 1 aromatic rings. The van der Waals surface area contributed by atoms with Crippen LogP contribution in [0, 0.1) is 0 Å². The molecule has 19 heavy (non-hydrogen) atoms. The van der Waals surface area contributed by atoms with E-state index < -0.39 is 5.54 Å². The molecule has 0 unspecified atom stereocenters. The van der Waals surface area contributed by atoms with Crippen LogP contribution in [0.25, 0.3) is 6.08 Å². The van der Waals surface area contributed by atoms with Gasteiger partial charge in [0.1, 0.15) is 0 Å². The maximum atomic E-state index is 11.9. The van der Waals surface area contributed by atoms with Crippen molar-refractivity contribution >= 4 is 23.6 Å². The number of aliphatic hydroxyl groups excluding tert-OH is 1. The zero-order chi connectivity index (χ0) is 13.7. The highest BCUT2D eigenvalue weighted by Crippen LogP contribution is 2.29. The fraction of sp³-hybridized carbons (Fsp3) is 0.400. The molecule has 0 aromatic heterocycles. The van der Waals surface area contributed by atoms with Crippen LogP contribution in [0.5, 0.6) is 0 Å². The van der Waals surface area contributed by atoms with Crippen LogP contribution in [0.4, 0.5) is 0 Å². The first kappa shape index (κ1) is 14.1. The van der Waals surface area contributed by atoms with Crippen molar-refractivity contribution in [3.05, 3.63) is 40.9 Å². The average Bonchev–Trinajstić information content (AvgIpc) is 2.87.